The topological polar surface area (TPSA) is 121 Å². The van der Waals surface area contributed by atoms with E-state index >= 15 is 0 Å². The van der Waals surface area contributed by atoms with Crippen molar-refractivity contribution in [2.45, 2.75) is 24.8 Å². The second kappa shape index (κ2) is 7.19. The van der Waals surface area contributed by atoms with Gasteiger partial charge in [0, 0.05) is 6.08 Å². The standard InChI is InChI=1S/C14H17NO6S/c1-9(2)13(14(18)19)15-22(20,21)11-6-3-10(4-7-11)5-8-12(16)17/h3-9,13,15H,1-2H3,(H,16,17)(H,18,19)/b8-5-. The second-order valence-corrected chi connectivity index (χ2v) is 6.64. The van der Waals surface area contributed by atoms with Crippen molar-refractivity contribution >= 4 is 28.0 Å². The summed E-state index contributed by atoms with van der Waals surface area (Å²) in [5.74, 6) is -2.77. The molecule has 1 rings (SSSR count). The van der Waals surface area contributed by atoms with Crippen molar-refractivity contribution < 1.29 is 28.2 Å². The third-order valence-corrected chi connectivity index (χ3v) is 4.28. The molecule has 0 amide bonds. The molecule has 7 nitrogen and oxygen atoms in total. The summed E-state index contributed by atoms with van der Waals surface area (Å²) in [5.41, 5.74) is 0.514. The predicted molar refractivity (Wildman–Crippen MR) is 79.7 cm³/mol. The Morgan fingerprint density at radius 3 is 2.09 bits per heavy atom. The third kappa shape index (κ3) is 4.97. The molecule has 0 radical (unpaired) electrons. The van der Waals surface area contributed by atoms with E-state index in [0.29, 0.717) is 5.56 Å². The van der Waals surface area contributed by atoms with Gasteiger partial charge < -0.3 is 10.2 Å². The van der Waals surface area contributed by atoms with Crippen LogP contribution in [0.2, 0.25) is 0 Å². The van der Waals surface area contributed by atoms with E-state index in [-0.39, 0.29) is 4.90 Å². The van der Waals surface area contributed by atoms with Crippen LogP contribution < -0.4 is 4.72 Å². The van der Waals surface area contributed by atoms with Crippen LogP contribution in [0.3, 0.4) is 0 Å². The Labute approximate surface area is 128 Å². The van der Waals surface area contributed by atoms with Gasteiger partial charge in [0.15, 0.2) is 0 Å². The molecule has 0 saturated heterocycles. The van der Waals surface area contributed by atoms with Crippen molar-refractivity contribution in [3.63, 3.8) is 0 Å². The number of hydrogen-bond donors (Lipinski definition) is 3. The van der Waals surface area contributed by atoms with Gasteiger partial charge in [-0.2, -0.15) is 4.72 Å². The first-order chi connectivity index (χ1) is 10.1. The summed E-state index contributed by atoms with van der Waals surface area (Å²) in [5, 5.41) is 17.5. The summed E-state index contributed by atoms with van der Waals surface area (Å²) in [4.78, 5) is 21.4. The van der Waals surface area contributed by atoms with Crippen LogP contribution >= 0.6 is 0 Å². The molecule has 22 heavy (non-hydrogen) atoms. The summed E-state index contributed by atoms with van der Waals surface area (Å²) in [6, 6.07) is 4.20. The lowest BCUT2D eigenvalue weighted by atomic mass is 10.1. The maximum Gasteiger partial charge on any atom is 0.328 e. The molecule has 0 aliphatic heterocycles. The van der Waals surface area contributed by atoms with Crippen LogP contribution in [0.25, 0.3) is 6.08 Å². The molecule has 3 N–H and O–H groups in total. The summed E-state index contributed by atoms with van der Waals surface area (Å²) >= 11 is 0. The number of carboxylic acid groups (broad SMARTS) is 2. The van der Waals surface area contributed by atoms with Gasteiger partial charge in [0.05, 0.1) is 4.90 Å². The first kappa shape index (κ1) is 17.9. The number of carboxylic acids is 2. The van der Waals surface area contributed by atoms with Crippen LogP contribution in [0.15, 0.2) is 35.2 Å². The summed E-state index contributed by atoms with van der Waals surface area (Å²) in [7, 11) is -3.97. The zero-order valence-electron chi connectivity index (χ0n) is 12.1. The van der Waals surface area contributed by atoms with Crippen molar-refractivity contribution in [2.24, 2.45) is 5.92 Å². The molecule has 0 bridgehead atoms. The Bertz CT molecular complexity index is 676. The van der Waals surface area contributed by atoms with Crippen molar-refractivity contribution in [3.05, 3.63) is 35.9 Å². The van der Waals surface area contributed by atoms with Gasteiger partial charge >= 0.3 is 11.9 Å². The molecule has 1 unspecified atom stereocenters. The van der Waals surface area contributed by atoms with E-state index in [1.165, 1.54) is 30.3 Å². The maximum absolute atomic E-state index is 12.1. The molecular formula is C14H17NO6S. The number of sulfonamides is 1. The van der Waals surface area contributed by atoms with Crippen LogP contribution in [0, 0.1) is 5.92 Å². The lowest BCUT2D eigenvalue weighted by molar-refractivity contribution is -0.140. The Morgan fingerprint density at radius 1 is 1.14 bits per heavy atom. The molecule has 0 heterocycles. The quantitative estimate of drug-likeness (QED) is 0.647. The summed E-state index contributed by atoms with van der Waals surface area (Å²) in [6.45, 7) is 3.20. The van der Waals surface area contributed by atoms with Crippen LogP contribution in [-0.2, 0) is 19.6 Å². The van der Waals surface area contributed by atoms with Gasteiger partial charge in [-0.25, -0.2) is 13.2 Å². The first-order valence-electron chi connectivity index (χ1n) is 6.39. The van der Waals surface area contributed by atoms with E-state index in [1.807, 2.05) is 0 Å². The lowest BCUT2D eigenvalue weighted by Gasteiger charge is -2.18. The molecule has 0 fully saturated rings. The van der Waals surface area contributed by atoms with Crippen molar-refractivity contribution in [3.8, 4) is 0 Å². The molecule has 1 aromatic carbocycles. The minimum absolute atomic E-state index is 0.0909. The smallest absolute Gasteiger partial charge is 0.328 e. The van der Waals surface area contributed by atoms with Gasteiger partial charge in [0.1, 0.15) is 6.04 Å². The minimum Gasteiger partial charge on any atom is -0.480 e. The number of rotatable bonds is 7. The van der Waals surface area contributed by atoms with Crippen LogP contribution in [-0.4, -0.2) is 36.6 Å². The van der Waals surface area contributed by atoms with Crippen LogP contribution in [0.4, 0.5) is 0 Å². The Hall–Kier alpha value is -2.19. The number of aliphatic carboxylic acids is 2. The number of hydrogen-bond acceptors (Lipinski definition) is 4. The normalized spacial score (nSPS) is 13.4. The molecule has 0 spiro atoms. The van der Waals surface area contributed by atoms with E-state index in [0.717, 1.165) is 6.08 Å². The van der Waals surface area contributed by atoms with Gasteiger partial charge in [-0.1, -0.05) is 26.0 Å². The Balaban J connectivity index is 2.99. The van der Waals surface area contributed by atoms with Gasteiger partial charge in [0.25, 0.3) is 0 Å². The minimum atomic E-state index is -3.97. The van der Waals surface area contributed by atoms with E-state index in [9.17, 15) is 18.0 Å². The molecule has 0 aromatic heterocycles. The van der Waals surface area contributed by atoms with E-state index < -0.39 is 33.9 Å². The van der Waals surface area contributed by atoms with Gasteiger partial charge in [0.2, 0.25) is 10.0 Å². The Morgan fingerprint density at radius 2 is 1.68 bits per heavy atom. The zero-order chi connectivity index (χ0) is 16.9. The van der Waals surface area contributed by atoms with Crippen molar-refractivity contribution in [2.75, 3.05) is 0 Å². The largest absolute Gasteiger partial charge is 0.480 e. The van der Waals surface area contributed by atoms with E-state index in [2.05, 4.69) is 4.72 Å². The number of benzene rings is 1. The monoisotopic (exact) mass is 327 g/mol. The molecule has 1 aromatic rings. The molecular weight excluding hydrogens is 310 g/mol. The van der Waals surface area contributed by atoms with Crippen molar-refractivity contribution in [1.29, 1.82) is 0 Å². The van der Waals surface area contributed by atoms with Gasteiger partial charge in [-0.15, -0.1) is 0 Å². The number of nitrogens with one attached hydrogen (secondary N) is 1. The fourth-order valence-electron chi connectivity index (χ4n) is 1.63. The van der Waals surface area contributed by atoms with Gasteiger partial charge in [-0.05, 0) is 29.7 Å². The first-order valence-corrected chi connectivity index (χ1v) is 7.88. The van der Waals surface area contributed by atoms with Crippen LogP contribution in [0.1, 0.15) is 19.4 Å². The zero-order valence-corrected chi connectivity index (χ0v) is 12.9. The highest BCUT2D eigenvalue weighted by atomic mass is 32.2. The van der Waals surface area contributed by atoms with Crippen molar-refractivity contribution in [1.82, 2.24) is 4.72 Å². The number of carbonyl (C=O) groups is 2. The van der Waals surface area contributed by atoms with Crippen LogP contribution in [0.5, 0.6) is 0 Å². The second-order valence-electron chi connectivity index (χ2n) is 4.92. The average molecular weight is 327 g/mol. The fourth-order valence-corrected chi connectivity index (χ4v) is 2.97. The molecule has 1 atom stereocenters. The average Bonchev–Trinajstić information content (AvgIpc) is 2.42. The summed E-state index contributed by atoms with van der Waals surface area (Å²) in [6.07, 6.45) is 2.25. The van der Waals surface area contributed by atoms with Gasteiger partial charge in [-0.3, -0.25) is 4.79 Å². The highest BCUT2D eigenvalue weighted by Gasteiger charge is 2.27. The molecule has 8 heteroatoms. The lowest BCUT2D eigenvalue weighted by Crippen LogP contribution is -2.44. The summed E-state index contributed by atoms with van der Waals surface area (Å²) < 4.78 is 26.4. The highest BCUT2D eigenvalue weighted by molar-refractivity contribution is 7.89. The molecule has 120 valence electrons. The van der Waals surface area contributed by atoms with E-state index in [4.69, 9.17) is 10.2 Å². The molecule has 0 aliphatic rings. The molecule has 0 aliphatic carbocycles. The third-order valence-electron chi connectivity index (χ3n) is 2.82. The highest BCUT2D eigenvalue weighted by Crippen LogP contribution is 2.14. The predicted octanol–water partition coefficient (Wildman–Crippen LogP) is 1.17. The van der Waals surface area contributed by atoms with E-state index in [1.54, 1.807) is 13.8 Å². The maximum atomic E-state index is 12.1. The molecule has 0 saturated carbocycles. The Kier molecular flexibility index (Phi) is 5.84. The fraction of sp³-hybridized carbons (Fsp3) is 0.286. The SMILES string of the molecule is CC(C)C(NS(=O)(=O)c1ccc(/C=C\C(=O)O)cc1)C(=O)O.